The molecule has 0 radical (unpaired) electrons. The summed E-state index contributed by atoms with van der Waals surface area (Å²) in [5, 5.41) is 6.69. The highest BCUT2D eigenvalue weighted by Crippen LogP contribution is 2.38. The molecule has 10 nitrogen and oxygen atoms in total. The minimum Gasteiger partial charge on any atom is -0.461 e. The third-order valence-electron chi connectivity index (χ3n) is 6.29. The van der Waals surface area contributed by atoms with Gasteiger partial charge in [0.05, 0.1) is 12.3 Å². The first-order valence-electron chi connectivity index (χ1n) is 11.8. The number of alkyl halides is 3. The molecule has 0 atom stereocenters. The number of esters is 1. The minimum atomic E-state index is -4.88. The smallest absolute Gasteiger partial charge is 0.461 e. The third kappa shape index (κ3) is 5.31. The Kier molecular flexibility index (Phi) is 6.63. The van der Waals surface area contributed by atoms with Gasteiger partial charge in [0, 0.05) is 55.3 Å². The normalized spacial score (nSPS) is 15.6. The molecule has 3 aromatic rings. The van der Waals surface area contributed by atoms with Gasteiger partial charge in [0.1, 0.15) is 5.69 Å². The number of piperazine rings is 1. The highest BCUT2D eigenvalue weighted by molar-refractivity contribution is 5.91. The summed E-state index contributed by atoms with van der Waals surface area (Å²) in [6.45, 7) is 4.88. The highest BCUT2D eigenvalue weighted by atomic mass is 19.4. The Hall–Kier alpha value is -3.87. The molecule has 0 saturated carbocycles. The van der Waals surface area contributed by atoms with Crippen LogP contribution in [0.1, 0.15) is 28.5 Å². The molecule has 1 N–H and O–H groups in total. The number of nitrogens with one attached hydrogen (secondary N) is 1. The lowest BCUT2D eigenvalue weighted by molar-refractivity contribution is -0.274. The second kappa shape index (κ2) is 9.88. The van der Waals surface area contributed by atoms with Gasteiger partial charge in [-0.15, -0.1) is 13.2 Å². The third-order valence-corrected chi connectivity index (χ3v) is 6.29. The fourth-order valence-corrected chi connectivity index (χ4v) is 4.40. The SMILES string of the molecule is CCOC(=O)c1noc2c1CCc1cnc(Nc3ccc(N4CCN(C)CC4)cc3OC(F)(F)F)nc1-2. The number of hydrogen-bond donors (Lipinski definition) is 1. The van der Waals surface area contributed by atoms with Crippen molar-refractivity contribution >= 4 is 23.3 Å². The second-order valence-corrected chi connectivity index (χ2v) is 8.77. The number of hydrogen-bond acceptors (Lipinski definition) is 10. The molecule has 13 heteroatoms. The van der Waals surface area contributed by atoms with Crippen molar-refractivity contribution in [3.05, 3.63) is 41.2 Å². The van der Waals surface area contributed by atoms with Gasteiger partial charge < -0.3 is 29.1 Å². The van der Waals surface area contributed by atoms with Crippen LogP contribution >= 0.6 is 0 Å². The van der Waals surface area contributed by atoms with Gasteiger partial charge in [-0.2, -0.15) is 0 Å². The summed E-state index contributed by atoms with van der Waals surface area (Å²) in [4.78, 5) is 25.1. The summed E-state index contributed by atoms with van der Waals surface area (Å²) in [5.74, 6) is -0.625. The van der Waals surface area contributed by atoms with E-state index >= 15 is 0 Å². The number of carbonyl (C=O) groups excluding carboxylic acids is 1. The Morgan fingerprint density at radius 3 is 2.70 bits per heavy atom. The number of anilines is 3. The first kappa shape index (κ1) is 24.8. The van der Waals surface area contributed by atoms with Gasteiger partial charge >= 0.3 is 12.3 Å². The number of aromatic nitrogens is 3. The zero-order valence-corrected chi connectivity index (χ0v) is 20.3. The molecule has 0 unspecified atom stereocenters. The maximum atomic E-state index is 13.2. The van der Waals surface area contributed by atoms with Crippen LogP contribution in [0.3, 0.4) is 0 Å². The number of benzene rings is 1. The first-order valence-corrected chi connectivity index (χ1v) is 11.8. The molecule has 0 amide bonds. The lowest BCUT2D eigenvalue weighted by Gasteiger charge is -2.34. The minimum absolute atomic E-state index is 0.0417. The molecular weight excluding hydrogens is 493 g/mol. The van der Waals surface area contributed by atoms with Gasteiger partial charge in [0.25, 0.3) is 0 Å². The van der Waals surface area contributed by atoms with E-state index < -0.39 is 18.1 Å². The molecule has 3 heterocycles. The van der Waals surface area contributed by atoms with E-state index in [0.717, 1.165) is 18.7 Å². The quantitative estimate of drug-likeness (QED) is 0.485. The van der Waals surface area contributed by atoms with E-state index in [9.17, 15) is 18.0 Å². The van der Waals surface area contributed by atoms with Crippen LogP contribution in [0.15, 0.2) is 28.9 Å². The summed E-state index contributed by atoms with van der Waals surface area (Å²) >= 11 is 0. The zero-order chi connectivity index (χ0) is 26.2. The molecule has 37 heavy (non-hydrogen) atoms. The van der Waals surface area contributed by atoms with Crippen LogP contribution in [-0.2, 0) is 17.6 Å². The number of carbonyl (C=O) groups is 1. The Morgan fingerprint density at radius 2 is 1.97 bits per heavy atom. The first-order chi connectivity index (χ1) is 17.7. The van der Waals surface area contributed by atoms with Gasteiger partial charge in [-0.05, 0) is 38.9 Å². The van der Waals surface area contributed by atoms with E-state index in [-0.39, 0.29) is 23.9 Å². The van der Waals surface area contributed by atoms with E-state index in [0.29, 0.717) is 48.6 Å². The monoisotopic (exact) mass is 518 g/mol. The van der Waals surface area contributed by atoms with Gasteiger partial charge in [0.15, 0.2) is 17.2 Å². The molecule has 5 rings (SSSR count). The highest BCUT2D eigenvalue weighted by Gasteiger charge is 2.33. The molecule has 1 aromatic carbocycles. The van der Waals surface area contributed by atoms with Crippen molar-refractivity contribution < 1.29 is 32.0 Å². The molecule has 1 saturated heterocycles. The number of aryl methyl sites for hydroxylation is 1. The van der Waals surface area contributed by atoms with E-state index in [4.69, 9.17) is 9.26 Å². The molecule has 1 aliphatic carbocycles. The van der Waals surface area contributed by atoms with Crippen LogP contribution in [-0.4, -0.2) is 72.2 Å². The number of likely N-dealkylation sites (N-methyl/N-ethyl adjacent to an activating group) is 1. The van der Waals surface area contributed by atoms with Crippen molar-refractivity contribution in [2.24, 2.45) is 0 Å². The van der Waals surface area contributed by atoms with Crippen LogP contribution in [0.25, 0.3) is 11.5 Å². The molecule has 0 bridgehead atoms. The number of rotatable bonds is 6. The largest absolute Gasteiger partial charge is 0.573 e. The lowest BCUT2D eigenvalue weighted by Crippen LogP contribution is -2.44. The summed E-state index contributed by atoms with van der Waals surface area (Å²) in [6.07, 6.45) is -2.28. The predicted molar refractivity (Wildman–Crippen MR) is 127 cm³/mol. The fraction of sp³-hybridized carbons (Fsp3) is 0.417. The Labute approximate surface area is 210 Å². The van der Waals surface area contributed by atoms with Crippen LogP contribution in [0, 0.1) is 0 Å². The summed E-state index contributed by atoms with van der Waals surface area (Å²) in [6, 6.07) is 4.60. The summed E-state index contributed by atoms with van der Waals surface area (Å²) < 4.78 is 54.5. The molecule has 1 aliphatic heterocycles. The van der Waals surface area contributed by atoms with Crippen LogP contribution < -0.4 is 15.0 Å². The number of fused-ring (bicyclic) bond motifs is 3. The van der Waals surface area contributed by atoms with Crippen LogP contribution in [0.5, 0.6) is 5.75 Å². The predicted octanol–water partition coefficient (Wildman–Crippen LogP) is 3.80. The molecule has 196 valence electrons. The standard InChI is InChI=1S/C24H25F3N6O4/c1-3-35-22(34)20-16-6-4-14-13-28-23(30-19(14)21(16)37-31-20)29-17-7-5-15(12-18(17)36-24(25,26)27)33-10-8-32(2)9-11-33/h5,7,12-13H,3-4,6,8-11H2,1-2H3,(H,28,29,30). The maximum absolute atomic E-state index is 13.2. The van der Waals surface area contributed by atoms with Crippen molar-refractivity contribution in [2.75, 3.05) is 50.1 Å². The Morgan fingerprint density at radius 1 is 1.19 bits per heavy atom. The van der Waals surface area contributed by atoms with Gasteiger partial charge in [-0.25, -0.2) is 14.8 Å². The molecule has 2 aliphatic rings. The fourth-order valence-electron chi connectivity index (χ4n) is 4.40. The maximum Gasteiger partial charge on any atom is 0.573 e. The van der Waals surface area contributed by atoms with E-state index in [1.807, 2.05) is 11.9 Å². The van der Waals surface area contributed by atoms with Gasteiger partial charge in [0.2, 0.25) is 5.95 Å². The second-order valence-electron chi connectivity index (χ2n) is 8.77. The van der Waals surface area contributed by atoms with Crippen molar-refractivity contribution in [3.8, 4) is 17.2 Å². The van der Waals surface area contributed by atoms with Crippen molar-refractivity contribution in [2.45, 2.75) is 26.1 Å². The lowest BCUT2D eigenvalue weighted by atomic mass is 9.94. The summed E-state index contributed by atoms with van der Waals surface area (Å²) in [7, 11) is 2.00. The van der Waals surface area contributed by atoms with E-state index in [2.05, 4.69) is 30.1 Å². The Bertz CT molecular complexity index is 1300. The van der Waals surface area contributed by atoms with Crippen LogP contribution in [0.2, 0.25) is 0 Å². The van der Waals surface area contributed by atoms with E-state index in [1.54, 1.807) is 19.2 Å². The molecule has 2 aromatic heterocycles. The molecular formula is C24H25F3N6O4. The van der Waals surface area contributed by atoms with Crippen LogP contribution in [0.4, 0.5) is 30.5 Å². The van der Waals surface area contributed by atoms with Gasteiger partial charge in [-0.3, -0.25) is 0 Å². The number of nitrogens with zero attached hydrogens (tertiary/aromatic N) is 5. The number of ether oxygens (including phenoxy) is 2. The molecule has 1 fully saturated rings. The Balaban J connectivity index is 1.44. The van der Waals surface area contributed by atoms with Crippen molar-refractivity contribution in [1.29, 1.82) is 0 Å². The van der Waals surface area contributed by atoms with Crippen molar-refractivity contribution in [1.82, 2.24) is 20.0 Å². The average molecular weight is 518 g/mol. The van der Waals surface area contributed by atoms with Crippen molar-refractivity contribution in [3.63, 3.8) is 0 Å². The molecule has 0 spiro atoms. The van der Waals surface area contributed by atoms with Gasteiger partial charge in [-0.1, -0.05) is 5.16 Å². The topological polar surface area (TPSA) is 106 Å². The average Bonchev–Trinajstić information content (AvgIpc) is 3.30. The summed E-state index contributed by atoms with van der Waals surface area (Å²) in [5.41, 5.74) is 2.53. The zero-order valence-electron chi connectivity index (χ0n) is 20.3. The number of halogens is 3. The van der Waals surface area contributed by atoms with E-state index in [1.165, 1.54) is 12.1 Å².